The lowest BCUT2D eigenvalue weighted by molar-refractivity contribution is 0.0940. The van der Waals surface area contributed by atoms with E-state index in [0.29, 0.717) is 29.4 Å². The first-order valence-corrected chi connectivity index (χ1v) is 9.11. The van der Waals surface area contributed by atoms with Gasteiger partial charge in [-0.25, -0.2) is 0 Å². The summed E-state index contributed by atoms with van der Waals surface area (Å²) in [7, 11) is 1.87. The van der Waals surface area contributed by atoms with Crippen molar-refractivity contribution in [1.29, 1.82) is 0 Å². The van der Waals surface area contributed by atoms with Crippen LogP contribution in [-0.2, 0) is 7.05 Å². The summed E-state index contributed by atoms with van der Waals surface area (Å²) < 4.78 is 1.87. The second kappa shape index (κ2) is 7.66. The van der Waals surface area contributed by atoms with Crippen LogP contribution in [-0.4, -0.2) is 22.9 Å². The van der Waals surface area contributed by atoms with E-state index < -0.39 is 0 Å². The molecule has 0 radical (unpaired) electrons. The topological polar surface area (TPSA) is 63.1 Å². The van der Waals surface area contributed by atoms with Crippen molar-refractivity contribution in [3.05, 3.63) is 65.4 Å². The van der Waals surface area contributed by atoms with Crippen LogP contribution in [0.3, 0.4) is 0 Å². The zero-order chi connectivity index (χ0) is 19.6. The number of hydrogen-bond acceptors (Lipinski definition) is 2. The number of fused-ring (bicyclic) bond motifs is 1. The predicted octanol–water partition coefficient (Wildman–Crippen LogP) is 4.12. The Morgan fingerprint density at radius 3 is 2.37 bits per heavy atom. The SMILES string of the molecule is Cc1ccc(C(=O)Nc2ccc3c(c2)cc(C(=O)NCC(C)C)n3C)cc1. The van der Waals surface area contributed by atoms with Crippen molar-refractivity contribution < 1.29 is 9.59 Å². The van der Waals surface area contributed by atoms with Crippen molar-refractivity contribution in [3.63, 3.8) is 0 Å². The summed E-state index contributed by atoms with van der Waals surface area (Å²) >= 11 is 0. The van der Waals surface area contributed by atoms with Crippen LogP contribution in [0, 0.1) is 12.8 Å². The van der Waals surface area contributed by atoms with Crippen molar-refractivity contribution in [2.75, 3.05) is 11.9 Å². The van der Waals surface area contributed by atoms with Gasteiger partial charge in [0, 0.05) is 35.7 Å². The van der Waals surface area contributed by atoms with Gasteiger partial charge in [-0.15, -0.1) is 0 Å². The monoisotopic (exact) mass is 363 g/mol. The standard InChI is InChI=1S/C22H25N3O2/c1-14(2)13-23-22(27)20-12-17-11-18(9-10-19(17)25(20)4)24-21(26)16-7-5-15(3)6-8-16/h5-12,14H,13H2,1-4H3,(H,23,27)(H,24,26). The minimum Gasteiger partial charge on any atom is -0.351 e. The molecule has 1 heterocycles. The highest BCUT2D eigenvalue weighted by molar-refractivity contribution is 6.05. The highest BCUT2D eigenvalue weighted by Gasteiger charge is 2.14. The highest BCUT2D eigenvalue weighted by atomic mass is 16.2. The molecule has 0 aliphatic rings. The summed E-state index contributed by atoms with van der Waals surface area (Å²) in [5.74, 6) is 0.153. The average molecular weight is 363 g/mol. The lowest BCUT2D eigenvalue weighted by atomic mass is 10.1. The summed E-state index contributed by atoms with van der Waals surface area (Å²) in [5.41, 5.74) is 3.97. The molecule has 2 N–H and O–H groups in total. The van der Waals surface area contributed by atoms with Crippen LogP contribution >= 0.6 is 0 Å². The van der Waals surface area contributed by atoms with Crippen molar-refractivity contribution in [1.82, 2.24) is 9.88 Å². The molecule has 0 aliphatic heterocycles. The Morgan fingerprint density at radius 2 is 1.70 bits per heavy atom. The van der Waals surface area contributed by atoms with Gasteiger partial charge in [-0.1, -0.05) is 31.5 Å². The Kier molecular flexibility index (Phi) is 5.31. The third-order valence-corrected chi connectivity index (χ3v) is 4.52. The normalized spacial score (nSPS) is 11.0. The number of carbonyl (C=O) groups is 2. The van der Waals surface area contributed by atoms with Gasteiger partial charge in [0.2, 0.25) is 0 Å². The molecule has 0 aliphatic carbocycles. The van der Waals surface area contributed by atoms with E-state index in [1.165, 1.54) is 0 Å². The van der Waals surface area contributed by atoms with E-state index in [-0.39, 0.29) is 11.8 Å². The molecule has 0 fully saturated rings. The maximum Gasteiger partial charge on any atom is 0.267 e. The molecular weight excluding hydrogens is 338 g/mol. The fourth-order valence-electron chi connectivity index (χ4n) is 2.94. The van der Waals surface area contributed by atoms with E-state index in [9.17, 15) is 9.59 Å². The van der Waals surface area contributed by atoms with Gasteiger partial charge in [-0.3, -0.25) is 9.59 Å². The maximum atomic E-state index is 12.4. The van der Waals surface area contributed by atoms with E-state index in [2.05, 4.69) is 24.5 Å². The van der Waals surface area contributed by atoms with Crippen LogP contribution < -0.4 is 10.6 Å². The third-order valence-electron chi connectivity index (χ3n) is 4.52. The van der Waals surface area contributed by atoms with Gasteiger partial charge in [-0.2, -0.15) is 0 Å². The molecule has 0 saturated heterocycles. The van der Waals surface area contributed by atoms with Gasteiger partial charge < -0.3 is 15.2 Å². The van der Waals surface area contributed by atoms with Crippen molar-refractivity contribution in [3.8, 4) is 0 Å². The van der Waals surface area contributed by atoms with Crippen molar-refractivity contribution in [2.45, 2.75) is 20.8 Å². The zero-order valence-corrected chi connectivity index (χ0v) is 16.2. The molecule has 0 saturated carbocycles. The number of aryl methyl sites for hydroxylation is 2. The Morgan fingerprint density at radius 1 is 1.00 bits per heavy atom. The second-order valence-electron chi connectivity index (χ2n) is 7.29. The number of benzene rings is 2. The van der Waals surface area contributed by atoms with Crippen LogP contribution in [0.5, 0.6) is 0 Å². The van der Waals surface area contributed by atoms with Gasteiger partial charge in [0.05, 0.1) is 0 Å². The lowest BCUT2D eigenvalue weighted by Crippen LogP contribution is -2.28. The Labute approximate surface area is 159 Å². The van der Waals surface area contributed by atoms with Gasteiger partial charge in [0.15, 0.2) is 0 Å². The summed E-state index contributed by atoms with van der Waals surface area (Å²) in [4.78, 5) is 24.8. The maximum absolute atomic E-state index is 12.4. The van der Waals surface area contributed by atoms with E-state index in [1.807, 2.05) is 67.1 Å². The molecule has 0 spiro atoms. The largest absolute Gasteiger partial charge is 0.351 e. The van der Waals surface area contributed by atoms with E-state index in [0.717, 1.165) is 16.5 Å². The lowest BCUT2D eigenvalue weighted by Gasteiger charge is -2.08. The fourth-order valence-corrected chi connectivity index (χ4v) is 2.94. The van der Waals surface area contributed by atoms with E-state index in [1.54, 1.807) is 0 Å². The number of carbonyl (C=O) groups excluding carboxylic acids is 2. The predicted molar refractivity (Wildman–Crippen MR) is 109 cm³/mol. The quantitative estimate of drug-likeness (QED) is 0.716. The summed E-state index contributed by atoms with van der Waals surface area (Å²) in [6.07, 6.45) is 0. The van der Waals surface area contributed by atoms with Gasteiger partial charge >= 0.3 is 0 Å². The summed E-state index contributed by atoms with van der Waals surface area (Å²) in [6, 6.07) is 15.0. The molecule has 0 bridgehead atoms. The zero-order valence-electron chi connectivity index (χ0n) is 16.2. The first-order valence-electron chi connectivity index (χ1n) is 9.11. The van der Waals surface area contributed by atoms with Crippen LogP contribution in [0.25, 0.3) is 10.9 Å². The Balaban J connectivity index is 1.81. The first kappa shape index (κ1) is 18.7. The minimum absolute atomic E-state index is 0.0901. The summed E-state index contributed by atoms with van der Waals surface area (Å²) in [5, 5.41) is 6.77. The third kappa shape index (κ3) is 4.19. The molecule has 3 rings (SSSR count). The van der Waals surface area contributed by atoms with Crippen LogP contribution in [0.2, 0.25) is 0 Å². The fraction of sp³-hybridized carbons (Fsp3) is 0.273. The number of anilines is 1. The number of amides is 2. The summed E-state index contributed by atoms with van der Waals surface area (Å²) in [6.45, 7) is 6.74. The molecule has 5 nitrogen and oxygen atoms in total. The number of aromatic nitrogens is 1. The molecular formula is C22H25N3O2. The molecule has 0 atom stereocenters. The molecule has 2 aromatic carbocycles. The van der Waals surface area contributed by atoms with Gasteiger partial charge in [-0.05, 0) is 49.2 Å². The Hall–Kier alpha value is -3.08. The van der Waals surface area contributed by atoms with E-state index in [4.69, 9.17) is 0 Å². The van der Waals surface area contributed by atoms with Crippen LogP contribution in [0.1, 0.15) is 40.3 Å². The molecule has 27 heavy (non-hydrogen) atoms. The average Bonchev–Trinajstić information content (AvgIpc) is 2.96. The number of nitrogens with one attached hydrogen (secondary N) is 2. The smallest absolute Gasteiger partial charge is 0.267 e. The highest BCUT2D eigenvalue weighted by Crippen LogP contribution is 2.23. The van der Waals surface area contributed by atoms with Crippen molar-refractivity contribution >= 4 is 28.4 Å². The van der Waals surface area contributed by atoms with Gasteiger partial charge in [0.1, 0.15) is 5.69 Å². The van der Waals surface area contributed by atoms with Gasteiger partial charge in [0.25, 0.3) is 11.8 Å². The molecule has 0 unspecified atom stereocenters. The Bertz CT molecular complexity index is 985. The minimum atomic E-state index is -0.153. The van der Waals surface area contributed by atoms with Crippen molar-refractivity contribution in [2.24, 2.45) is 13.0 Å². The first-order chi connectivity index (χ1) is 12.8. The molecule has 2 amide bonds. The number of rotatable bonds is 5. The van der Waals surface area contributed by atoms with Crippen LogP contribution in [0.15, 0.2) is 48.5 Å². The second-order valence-corrected chi connectivity index (χ2v) is 7.29. The molecule has 5 heteroatoms. The molecule has 1 aromatic heterocycles. The molecule has 140 valence electrons. The number of hydrogen-bond donors (Lipinski definition) is 2. The van der Waals surface area contributed by atoms with E-state index >= 15 is 0 Å². The number of nitrogens with zero attached hydrogens (tertiary/aromatic N) is 1. The molecule has 3 aromatic rings. The van der Waals surface area contributed by atoms with Crippen LogP contribution in [0.4, 0.5) is 5.69 Å².